The Balaban J connectivity index is 2.14. The van der Waals surface area contributed by atoms with E-state index in [1.165, 1.54) is 30.0 Å². The highest BCUT2D eigenvalue weighted by atomic mass is 19.1. The Morgan fingerprint density at radius 2 is 1.68 bits per heavy atom. The van der Waals surface area contributed by atoms with E-state index in [0.717, 1.165) is 5.56 Å². The Morgan fingerprint density at radius 3 is 2.32 bits per heavy atom. The maximum Gasteiger partial charge on any atom is 0.200 e. The molecule has 0 saturated heterocycles. The molecule has 1 heterocycles. The summed E-state index contributed by atoms with van der Waals surface area (Å²) in [6, 6.07) is 11.8. The summed E-state index contributed by atoms with van der Waals surface area (Å²) in [5, 5.41) is 0.261. The third kappa shape index (κ3) is 2.54. The number of halogens is 1. The van der Waals surface area contributed by atoms with Crippen molar-refractivity contribution < 1.29 is 8.81 Å². The predicted molar refractivity (Wildman–Crippen MR) is 86.6 cm³/mol. The molecule has 0 N–H and O–H groups in total. The Morgan fingerprint density at radius 1 is 1.00 bits per heavy atom. The molecule has 0 amide bonds. The van der Waals surface area contributed by atoms with Gasteiger partial charge in [0.25, 0.3) is 0 Å². The van der Waals surface area contributed by atoms with Crippen molar-refractivity contribution in [1.29, 1.82) is 0 Å². The molecule has 3 heteroatoms. The van der Waals surface area contributed by atoms with Gasteiger partial charge in [0.15, 0.2) is 0 Å². The lowest BCUT2D eigenvalue weighted by molar-refractivity contribution is 0.590. The van der Waals surface area contributed by atoms with E-state index in [-0.39, 0.29) is 16.2 Å². The van der Waals surface area contributed by atoms with Crippen molar-refractivity contribution >= 4 is 11.0 Å². The Labute approximate surface area is 128 Å². The lowest BCUT2D eigenvalue weighted by Gasteiger charge is -2.19. The summed E-state index contributed by atoms with van der Waals surface area (Å²) in [7, 11) is 0. The standard InChI is InChI=1S/C19H17FO2/c1-19(2,3)13-6-4-12(5-7-13)16-11-22-17-9-8-14(20)10-15(17)18(16)21/h4-11H,1-3H3. The van der Waals surface area contributed by atoms with E-state index in [9.17, 15) is 9.18 Å². The number of benzene rings is 2. The molecule has 0 aliphatic heterocycles. The van der Waals surface area contributed by atoms with Crippen molar-refractivity contribution in [1.82, 2.24) is 0 Å². The van der Waals surface area contributed by atoms with Crippen LogP contribution in [0, 0.1) is 5.82 Å². The summed E-state index contributed by atoms with van der Waals surface area (Å²) in [6.07, 6.45) is 1.44. The van der Waals surface area contributed by atoms with Gasteiger partial charge < -0.3 is 4.42 Å². The summed E-state index contributed by atoms with van der Waals surface area (Å²) >= 11 is 0. The average Bonchev–Trinajstić information content (AvgIpc) is 2.47. The van der Waals surface area contributed by atoms with Crippen LogP contribution in [0.3, 0.4) is 0 Å². The maximum atomic E-state index is 13.4. The summed E-state index contributed by atoms with van der Waals surface area (Å²) in [4.78, 5) is 12.5. The van der Waals surface area contributed by atoms with Crippen LogP contribution in [0.15, 0.2) is 57.9 Å². The Bertz CT molecular complexity index is 884. The van der Waals surface area contributed by atoms with E-state index in [0.29, 0.717) is 11.1 Å². The van der Waals surface area contributed by atoms with Crippen LogP contribution in [0.1, 0.15) is 26.3 Å². The molecule has 22 heavy (non-hydrogen) atoms. The van der Waals surface area contributed by atoms with Crippen molar-refractivity contribution in [3.63, 3.8) is 0 Å². The minimum atomic E-state index is -0.444. The lowest BCUT2D eigenvalue weighted by atomic mass is 9.86. The second-order valence-electron chi connectivity index (χ2n) is 6.45. The molecule has 2 nitrogen and oxygen atoms in total. The SMILES string of the molecule is CC(C)(C)c1ccc(-c2coc3ccc(F)cc3c2=O)cc1. The van der Waals surface area contributed by atoms with Crippen LogP contribution in [-0.4, -0.2) is 0 Å². The number of hydrogen-bond acceptors (Lipinski definition) is 2. The van der Waals surface area contributed by atoms with Gasteiger partial charge in [-0.25, -0.2) is 4.39 Å². The smallest absolute Gasteiger partial charge is 0.200 e. The Hall–Kier alpha value is -2.42. The summed E-state index contributed by atoms with van der Waals surface area (Å²) in [5.74, 6) is -0.444. The molecule has 0 bridgehead atoms. The molecule has 3 aromatic rings. The first-order valence-corrected chi connectivity index (χ1v) is 7.18. The minimum absolute atomic E-state index is 0.0513. The monoisotopic (exact) mass is 296 g/mol. The fourth-order valence-electron chi connectivity index (χ4n) is 2.45. The average molecular weight is 296 g/mol. The summed E-state index contributed by atoms with van der Waals surface area (Å²) in [5.41, 5.74) is 2.63. The van der Waals surface area contributed by atoms with Crippen LogP contribution in [0.5, 0.6) is 0 Å². The van der Waals surface area contributed by atoms with Gasteiger partial charge in [0.1, 0.15) is 17.7 Å². The van der Waals surface area contributed by atoms with E-state index in [2.05, 4.69) is 20.8 Å². The molecule has 0 fully saturated rings. The topological polar surface area (TPSA) is 30.2 Å². The molecule has 1 aromatic heterocycles. The fourth-order valence-corrected chi connectivity index (χ4v) is 2.45. The van der Waals surface area contributed by atoms with E-state index < -0.39 is 5.82 Å². The molecule has 0 radical (unpaired) electrons. The first kappa shape index (κ1) is 14.5. The van der Waals surface area contributed by atoms with Gasteiger partial charge in [-0.1, -0.05) is 45.0 Å². The quantitative estimate of drug-likeness (QED) is 0.639. The fraction of sp³-hybridized carbons (Fsp3) is 0.211. The normalized spacial score (nSPS) is 11.8. The summed E-state index contributed by atoms with van der Waals surface area (Å²) < 4.78 is 18.8. The highest BCUT2D eigenvalue weighted by Crippen LogP contribution is 2.26. The Kier molecular flexibility index (Phi) is 3.36. The largest absolute Gasteiger partial charge is 0.463 e. The number of hydrogen-bond donors (Lipinski definition) is 0. The van der Waals surface area contributed by atoms with Gasteiger partial charge in [0.05, 0.1) is 10.9 Å². The molecule has 0 spiro atoms. The molecule has 2 aromatic carbocycles. The van der Waals surface area contributed by atoms with Gasteiger partial charge >= 0.3 is 0 Å². The van der Waals surface area contributed by atoms with Crippen LogP contribution in [0.25, 0.3) is 22.1 Å². The van der Waals surface area contributed by atoms with Crippen molar-refractivity contribution in [2.24, 2.45) is 0 Å². The lowest BCUT2D eigenvalue weighted by Crippen LogP contribution is -2.11. The predicted octanol–water partition coefficient (Wildman–Crippen LogP) is 4.90. The van der Waals surface area contributed by atoms with Gasteiger partial charge in [-0.3, -0.25) is 4.79 Å². The number of fused-ring (bicyclic) bond motifs is 1. The van der Waals surface area contributed by atoms with Gasteiger partial charge in [-0.15, -0.1) is 0 Å². The molecule has 0 saturated carbocycles. The molecule has 0 unspecified atom stereocenters. The van der Waals surface area contributed by atoms with Crippen LogP contribution >= 0.6 is 0 Å². The van der Waals surface area contributed by atoms with Crippen molar-refractivity contribution in [3.05, 3.63) is 70.3 Å². The van der Waals surface area contributed by atoms with Crippen molar-refractivity contribution in [2.45, 2.75) is 26.2 Å². The molecule has 0 aliphatic rings. The third-order valence-electron chi connectivity index (χ3n) is 3.80. The minimum Gasteiger partial charge on any atom is -0.463 e. The summed E-state index contributed by atoms with van der Waals surface area (Å²) in [6.45, 7) is 6.40. The van der Waals surface area contributed by atoms with Crippen LogP contribution < -0.4 is 5.43 Å². The van der Waals surface area contributed by atoms with E-state index in [1.807, 2.05) is 24.3 Å². The first-order chi connectivity index (χ1) is 10.4. The van der Waals surface area contributed by atoms with Gasteiger partial charge in [0.2, 0.25) is 5.43 Å². The zero-order valence-corrected chi connectivity index (χ0v) is 12.8. The maximum absolute atomic E-state index is 13.4. The molecular weight excluding hydrogens is 279 g/mol. The second kappa shape index (κ2) is 5.09. The molecular formula is C19H17FO2. The highest BCUT2D eigenvalue weighted by molar-refractivity contribution is 5.81. The first-order valence-electron chi connectivity index (χ1n) is 7.18. The van der Waals surface area contributed by atoms with E-state index in [1.54, 1.807) is 0 Å². The second-order valence-corrected chi connectivity index (χ2v) is 6.45. The van der Waals surface area contributed by atoms with Crippen molar-refractivity contribution in [3.8, 4) is 11.1 Å². The zero-order valence-electron chi connectivity index (χ0n) is 12.8. The van der Waals surface area contributed by atoms with Gasteiger partial charge in [-0.2, -0.15) is 0 Å². The molecule has 3 rings (SSSR count). The van der Waals surface area contributed by atoms with Gasteiger partial charge in [0, 0.05) is 0 Å². The van der Waals surface area contributed by atoms with E-state index in [4.69, 9.17) is 4.42 Å². The van der Waals surface area contributed by atoms with E-state index >= 15 is 0 Å². The third-order valence-corrected chi connectivity index (χ3v) is 3.80. The van der Waals surface area contributed by atoms with Gasteiger partial charge in [-0.05, 0) is 34.7 Å². The number of rotatable bonds is 1. The zero-order chi connectivity index (χ0) is 15.9. The molecule has 112 valence electrons. The van der Waals surface area contributed by atoms with Crippen LogP contribution in [0.4, 0.5) is 4.39 Å². The molecule has 0 atom stereocenters. The van der Waals surface area contributed by atoms with Crippen LogP contribution in [0.2, 0.25) is 0 Å². The van der Waals surface area contributed by atoms with Crippen LogP contribution in [-0.2, 0) is 5.41 Å². The highest BCUT2D eigenvalue weighted by Gasteiger charge is 2.14. The molecule has 0 aliphatic carbocycles. The van der Waals surface area contributed by atoms with Crippen molar-refractivity contribution in [2.75, 3.05) is 0 Å².